The van der Waals surface area contributed by atoms with Crippen LogP contribution in [0.1, 0.15) is 27.7 Å². The Labute approximate surface area is 201 Å². The molecule has 1 fully saturated rings. The fraction of sp³-hybridized carbons (Fsp3) is 0.304. The van der Waals surface area contributed by atoms with E-state index in [1.165, 1.54) is 0 Å². The summed E-state index contributed by atoms with van der Waals surface area (Å²) in [6.45, 7) is 4.50. The summed E-state index contributed by atoms with van der Waals surface area (Å²) in [5.41, 5.74) is 3.87. The summed E-state index contributed by atoms with van der Waals surface area (Å²) in [5, 5.41) is 9.04. The fourth-order valence-electron chi connectivity index (χ4n) is 4.36. The van der Waals surface area contributed by atoms with Gasteiger partial charge in [-0.2, -0.15) is 5.10 Å². The normalized spacial score (nSPS) is 18.9. The number of rotatable bonds is 5. The highest BCUT2D eigenvalue weighted by atomic mass is 35.5. The van der Waals surface area contributed by atoms with E-state index in [1.54, 1.807) is 6.07 Å². The smallest absolute Gasteiger partial charge is 0.273 e. The zero-order valence-corrected chi connectivity index (χ0v) is 19.4. The molecule has 3 aromatic rings. The van der Waals surface area contributed by atoms with Crippen LogP contribution in [0.15, 0.2) is 42.5 Å². The van der Waals surface area contributed by atoms with Gasteiger partial charge in [-0.25, -0.2) is 0 Å². The zero-order valence-electron chi connectivity index (χ0n) is 17.2. The van der Waals surface area contributed by atoms with Gasteiger partial charge in [0, 0.05) is 42.3 Å². The molecule has 6 nitrogen and oxygen atoms in total. The SMILES string of the molecule is O=C1c2[nH]nc(-c3ccc(Cl)cc3)c2C(c2ccc(Cl)c(Cl)c2)N1CCN1CCOCC1. The van der Waals surface area contributed by atoms with Gasteiger partial charge in [-0.15, -0.1) is 0 Å². The molecule has 0 saturated carbocycles. The number of nitrogens with one attached hydrogen (secondary N) is 1. The van der Waals surface area contributed by atoms with Crippen LogP contribution in [0.2, 0.25) is 15.1 Å². The van der Waals surface area contributed by atoms with Gasteiger partial charge in [0.15, 0.2) is 0 Å². The minimum Gasteiger partial charge on any atom is -0.379 e. The number of H-pyrrole nitrogens is 1. The van der Waals surface area contributed by atoms with Gasteiger partial charge in [0.2, 0.25) is 0 Å². The summed E-state index contributed by atoms with van der Waals surface area (Å²) in [6, 6.07) is 12.6. The van der Waals surface area contributed by atoms with Gasteiger partial charge in [-0.3, -0.25) is 14.8 Å². The van der Waals surface area contributed by atoms with E-state index in [9.17, 15) is 4.79 Å². The van der Waals surface area contributed by atoms with Crippen molar-refractivity contribution in [1.29, 1.82) is 0 Å². The molecule has 2 aliphatic rings. The van der Waals surface area contributed by atoms with Crippen molar-refractivity contribution < 1.29 is 9.53 Å². The van der Waals surface area contributed by atoms with Crippen LogP contribution < -0.4 is 0 Å². The highest BCUT2D eigenvalue weighted by Crippen LogP contribution is 2.43. The van der Waals surface area contributed by atoms with Crippen LogP contribution in [0.3, 0.4) is 0 Å². The van der Waals surface area contributed by atoms with Crippen molar-refractivity contribution in [1.82, 2.24) is 20.0 Å². The molecule has 0 bridgehead atoms. The molecule has 3 heterocycles. The summed E-state index contributed by atoms with van der Waals surface area (Å²) < 4.78 is 5.45. The number of aromatic nitrogens is 2. The molecule has 9 heteroatoms. The van der Waals surface area contributed by atoms with Crippen molar-refractivity contribution in [2.75, 3.05) is 39.4 Å². The number of halogens is 3. The van der Waals surface area contributed by atoms with E-state index in [4.69, 9.17) is 39.5 Å². The highest BCUT2D eigenvalue weighted by molar-refractivity contribution is 6.42. The second-order valence-electron chi connectivity index (χ2n) is 7.90. The number of carbonyl (C=O) groups excluding carboxylic acids is 1. The Hall–Kier alpha value is -2.09. The Bertz CT molecular complexity index is 1140. The average molecular weight is 492 g/mol. The first-order valence-corrected chi connectivity index (χ1v) is 11.6. The zero-order chi connectivity index (χ0) is 22.2. The number of benzene rings is 2. The number of hydrogen-bond acceptors (Lipinski definition) is 4. The summed E-state index contributed by atoms with van der Waals surface area (Å²) in [4.78, 5) is 17.6. The van der Waals surface area contributed by atoms with E-state index < -0.39 is 0 Å². The molecular formula is C23H21Cl3N4O2. The van der Waals surface area contributed by atoms with Crippen LogP contribution in [0.4, 0.5) is 0 Å². The quantitative estimate of drug-likeness (QED) is 0.551. The summed E-state index contributed by atoms with van der Waals surface area (Å²) in [5.74, 6) is -0.0722. The van der Waals surface area contributed by atoms with Gasteiger partial charge in [-0.1, -0.05) is 53.0 Å². The van der Waals surface area contributed by atoms with Gasteiger partial charge < -0.3 is 9.64 Å². The standard InChI is InChI=1S/C23H21Cl3N4O2/c24-16-4-1-14(2-5-16)20-19-21(28-27-20)23(31)30(8-7-29-9-11-32-12-10-29)22(19)15-3-6-17(25)18(26)13-15/h1-6,13,22H,7-12H2,(H,27,28). The number of hydrogen-bond donors (Lipinski definition) is 1. The lowest BCUT2D eigenvalue weighted by molar-refractivity contribution is 0.0316. The molecule has 0 spiro atoms. The second kappa shape index (κ2) is 9.04. The Kier molecular flexibility index (Phi) is 6.14. The molecule has 0 aliphatic carbocycles. The number of aromatic amines is 1. The molecule has 32 heavy (non-hydrogen) atoms. The van der Waals surface area contributed by atoms with Crippen molar-refractivity contribution in [3.8, 4) is 11.3 Å². The van der Waals surface area contributed by atoms with E-state index in [2.05, 4.69) is 15.1 Å². The second-order valence-corrected chi connectivity index (χ2v) is 9.15. The average Bonchev–Trinajstić information content (AvgIpc) is 3.34. The number of ether oxygens (including phenoxy) is 1. The van der Waals surface area contributed by atoms with E-state index in [0.717, 1.165) is 42.0 Å². The number of carbonyl (C=O) groups is 1. The first-order chi connectivity index (χ1) is 15.5. The van der Waals surface area contributed by atoms with Crippen LogP contribution >= 0.6 is 34.8 Å². The predicted octanol–water partition coefficient (Wildman–Crippen LogP) is 4.91. The monoisotopic (exact) mass is 490 g/mol. The largest absolute Gasteiger partial charge is 0.379 e. The Morgan fingerprint density at radius 2 is 1.75 bits per heavy atom. The van der Waals surface area contributed by atoms with Gasteiger partial charge in [-0.05, 0) is 29.8 Å². The van der Waals surface area contributed by atoms with Gasteiger partial charge in [0.1, 0.15) is 5.69 Å². The van der Waals surface area contributed by atoms with Gasteiger partial charge in [0.25, 0.3) is 5.91 Å². The lowest BCUT2D eigenvalue weighted by Gasteiger charge is -2.31. The highest BCUT2D eigenvalue weighted by Gasteiger charge is 2.42. The Balaban J connectivity index is 1.55. The molecule has 1 amide bonds. The first kappa shape index (κ1) is 21.7. The van der Waals surface area contributed by atoms with Gasteiger partial charge in [0.05, 0.1) is 35.0 Å². The number of amides is 1. The molecule has 0 radical (unpaired) electrons. The lowest BCUT2D eigenvalue weighted by Crippen LogP contribution is -2.42. The lowest BCUT2D eigenvalue weighted by atomic mass is 9.96. The molecular weight excluding hydrogens is 471 g/mol. The van der Waals surface area contributed by atoms with Crippen molar-refractivity contribution >= 4 is 40.7 Å². The molecule has 2 aromatic carbocycles. The predicted molar refractivity (Wildman–Crippen MR) is 126 cm³/mol. The van der Waals surface area contributed by atoms with E-state index in [1.807, 2.05) is 41.3 Å². The maximum absolute atomic E-state index is 13.4. The first-order valence-electron chi connectivity index (χ1n) is 10.4. The van der Waals surface area contributed by atoms with E-state index >= 15 is 0 Å². The van der Waals surface area contributed by atoms with Crippen LogP contribution in [0.25, 0.3) is 11.3 Å². The van der Waals surface area contributed by atoms with Crippen LogP contribution in [-0.2, 0) is 4.74 Å². The molecule has 166 valence electrons. The third-order valence-corrected chi connectivity index (χ3v) is 6.99. The third kappa shape index (κ3) is 4.02. The minimum absolute atomic E-state index is 0.0722. The minimum atomic E-state index is -0.322. The molecule has 1 unspecified atom stereocenters. The molecule has 5 rings (SSSR count). The molecule has 1 saturated heterocycles. The van der Waals surface area contributed by atoms with Crippen LogP contribution in [0, 0.1) is 0 Å². The summed E-state index contributed by atoms with van der Waals surface area (Å²) >= 11 is 18.6. The van der Waals surface area contributed by atoms with Gasteiger partial charge >= 0.3 is 0 Å². The number of nitrogens with zero attached hydrogens (tertiary/aromatic N) is 3. The maximum atomic E-state index is 13.4. The topological polar surface area (TPSA) is 61.5 Å². The third-order valence-electron chi connectivity index (χ3n) is 6.00. The number of fused-ring (bicyclic) bond motifs is 1. The maximum Gasteiger partial charge on any atom is 0.273 e. The molecule has 1 N–H and O–H groups in total. The summed E-state index contributed by atoms with van der Waals surface area (Å²) in [7, 11) is 0. The van der Waals surface area contributed by atoms with Crippen molar-refractivity contribution in [2.24, 2.45) is 0 Å². The van der Waals surface area contributed by atoms with Crippen LogP contribution in [0.5, 0.6) is 0 Å². The van der Waals surface area contributed by atoms with Crippen LogP contribution in [-0.4, -0.2) is 65.3 Å². The van der Waals surface area contributed by atoms with Crippen molar-refractivity contribution in [3.05, 3.63) is 74.4 Å². The number of morpholine rings is 1. The van der Waals surface area contributed by atoms with Crippen molar-refractivity contribution in [2.45, 2.75) is 6.04 Å². The van der Waals surface area contributed by atoms with E-state index in [-0.39, 0.29) is 11.9 Å². The Morgan fingerprint density at radius 3 is 2.47 bits per heavy atom. The fourth-order valence-corrected chi connectivity index (χ4v) is 4.79. The molecule has 2 aliphatic heterocycles. The molecule has 1 atom stereocenters. The Morgan fingerprint density at radius 1 is 1.00 bits per heavy atom. The summed E-state index contributed by atoms with van der Waals surface area (Å²) in [6.07, 6.45) is 0. The van der Waals surface area contributed by atoms with Crippen molar-refractivity contribution in [3.63, 3.8) is 0 Å². The van der Waals surface area contributed by atoms with E-state index in [0.29, 0.717) is 40.5 Å². The molecule has 1 aromatic heterocycles.